The van der Waals surface area contributed by atoms with E-state index in [0.717, 1.165) is 5.56 Å². The number of benzene rings is 2. The van der Waals surface area contributed by atoms with Gasteiger partial charge in [-0.3, -0.25) is 4.79 Å². The monoisotopic (exact) mass is 369 g/mol. The predicted octanol–water partition coefficient (Wildman–Crippen LogP) is 4.20. The van der Waals surface area contributed by atoms with E-state index in [9.17, 15) is 4.79 Å². The maximum Gasteiger partial charge on any atom is 0.228 e. The molecule has 0 bridgehead atoms. The van der Waals surface area contributed by atoms with Gasteiger partial charge in [-0.25, -0.2) is 0 Å². The molecule has 1 N–H and O–H groups in total. The van der Waals surface area contributed by atoms with Crippen molar-refractivity contribution in [2.75, 3.05) is 26.6 Å². The molecule has 0 heterocycles. The van der Waals surface area contributed by atoms with Crippen molar-refractivity contribution in [1.29, 1.82) is 0 Å². The topological polar surface area (TPSA) is 56.8 Å². The van der Waals surface area contributed by atoms with Crippen LogP contribution in [0, 0.1) is 0 Å². The van der Waals surface area contributed by atoms with Gasteiger partial charge in [0, 0.05) is 17.8 Å². The third kappa shape index (κ3) is 4.24. The molecule has 128 valence electrons. The van der Waals surface area contributed by atoms with E-state index in [-0.39, 0.29) is 12.3 Å². The van der Waals surface area contributed by atoms with Crippen molar-refractivity contribution in [2.24, 2.45) is 0 Å². The number of methoxy groups -OCH3 is 3. The Labute approximate surface area is 150 Å². The predicted molar refractivity (Wildman–Crippen MR) is 94.9 cm³/mol. The first kappa shape index (κ1) is 18.2. The molecule has 0 saturated carbocycles. The van der Waals surface area contributed by atoms with Crippen LogP contribution >= 0.6 is 23.2 Å². The minimum Gasteiger partial charge on any atom is -0.493 e. The highest BCUT2D eigenvalue weighted by Crippen LogP contribution is 2.39. The summed E-state index contributed by atoms with van der Waals surface area (Å²) in [6.07, 6.45) is 0.160. The maximum absolute atomic E-state index is 12.2. The van der Waals surface area contributed by atoms with Crippen LogP contribution in [0.15, 0.2) is 30.3 Å². The Hall–Kier alpha value is -2.11. The number of nitrogens with one attached hydrogen (secondary N) is 1. The van der Waals surface area contributed by atoms with Gasteiger partial charge in [0.2, 0.25) is 11.7 Å². The highest BCUT2D eigenvalue weighted by molar-refractivity contribution is 6.42. The average Bonchev–Trinajstić information content (AvgIpc) is 2.57. The van der Waals surface area contributed by atoms with Crippen LogP contribution in [0.3, 0.4) is 0 Å². The number of ether oxygens (including phenoxy) is 3. The molecule has 0 aromatic heterocycles. The lowest BCUT2D eigenvalue weighted by Gasteiger charge is -2.14. The van der Waals surface area contributed by atoms with Crippen molar-refractivity contribution in [2.45, 2.75) is 6.42 Å². The largest absolute Gasteiger partial charge is 0.493 e. The zero-order valence-electron chi connectivity index (χ0n) is 13.5. The van der Waals surface area contributed by atoms with E-state index in [2.05, 4.69) is 5.32 Å². The van der Waals surface area contributed by atoms with Crippen molar-refractivity contribution < 1.29 is 19.0 Å². The summed E-state index contributed by atoms with van der Waals surface area (Å²) < 4.78 is 15.8. The number of hydrogen-bond donors (Lipinski definition) is 1. The van der Waals surface area contributed by atoms with Gasteiger partial charge in [0.1, 0.15) is 0 Å². The Kier molecular flexibility index (Phi) is 6.17. The molecule has 0 saturated heterocycles. The first-order valence-electron chi connectivity index (χ1n) is 7.02. The molecule has 0 aliphatic rings. The van der Waals surface area contributed by atoms with Crippen molar-refractivity contribution in [3.8, 4) is 17.2 Å². The van der Waals surface area contributed by atoms with Gasteiger partial charge in [-0.2, -0.15) is 0 Å². The molecule has 7 heteroatoms. The molecule has 0 aliphatic heterocycles. The zero-order valence-corrected chi connectivity index (χ0v) is 15.0. The lowest BCUT2D eigenvalue weighted by Crippen LogP contribution is -2.14. The molecule has 0 spiro atoms. The van der Waals surface area contributed by atoms with Crippen LogP contribution in [0.5, 0.6) is 17.2 Å². The van der Waals surface area contributed by atoms with Gasteiger partial charge in [-0.1, -0.05) is 29.3 Å². The lowest BCUT2D eigenvalue weighted by atomic mass is 10.1. The zero-order chi connectivity index (χ0) is 17.7. The smallest absolute Gasteiger partial charge is 0.228 e. The van der Waals surface area contributed by atoms with Crippen LogP contribution in [0.4, 0.5) is 5.69 Å². The van der Waals surface area contributed by atoms with Crippen molar-refractivity contribution in [3.05, 3.63) is 45.9 Å². The molecular weight excluding hydrogens is 353 g/mol. The van der Waals surface area contributed by atoms with E-state index in [4.69, 9.17) is 37.4 Å². The second kappa shape index (κ2) is 8.13. The van der Waals surface area contributed by atoms with E-state index in [1.54, 1.807) is 30.3 Å². The number of hydrogen-bond acceptors (Lipinski definition) is 4. The Balaban J connectivity index is 2.17. The molecule has 5 nitrogen and oxygen atoms in total. The summed E-state index contributed by atoms with van der Waals surface area (Å²) in [5.74, 6) is 1.17. The van der Waals surface area contributed by atoms with E-state index >= 15 is 0 Å². The van der Waals surface area contributed by atoms with Crippen LogP contribution in [0.25, 0.3) is 0 Å². The van der Waals surface area contributed by atoms with Gasteiger partial charge in [-0.05, 0) is 17.7 Å². The summed E-state index contributed by atoms with van der Waals surface area (Å²) >= 11 is 11.8. The normalized spacial score (nSPS) is 10.2. The van der Waals surface area contributed by atoms with Gasteiger partial charge in [0.05, 0.1) is 37.8 Å². The Morgan fingerprint density at radius 3 is 2.08 bits per heavy atom. The molecule has 2 rings (SSSR count). The van der Waals surface area contributed by atoms with Gasteiger partial charge in [0.25, 0.3) is 0 Å². The fourth-order valence-corrected chi connectivity index (χ4v) is 2.51. The summed E-state index contributed by atoms with van der Waals surface area (Å²) in [6.45, 7) is 0. The van der Waals surface area contributed by atoms with E-state index < -0.39 is 0 Å². The quantitative estimate of drug-likeness (QED) is 0.828. The number of carbonyl (C=O) groups is 1. The molecule has 0 aliphatic carbocycles. The minimum atomic E-state index is -0.206. The maximum atomic E-state index is 12.2. The van der Waals surface area contributed by atoms with Gasteiger partial charge in [0.15, 0.2) is 11.5 Å². The van der Waals surface area contributed by atoms with Crippen molar-refractivity contribution in [1.82, 2.24) is 0 Å². The molecule has 2 aromatic carbocycles. The first-order valence-corrected chi connectivity index (χ1v) is 7.77. The summed E-state index contributed by atoms with van der Waals surface area (Å²) in [5, 5.41) is 3.66. The number of amides is 1. The summed E-state index contributed by atoms with van der Waals surface area (Å²) in [6, 6.07) is 8.40. The molecule has 0 unspecified atom stereocenters. The highest BCUT2D eigenvalue weighted by Gasteiger charge is 2.14. The van der Waals surface area contributed by atoms with Crippen LogP contribution in [-0.4, -0.2) is 27.2 Å². The van der Waals surface area contributed by atoms with Gasteiger partial charge in [-0.15, -0.1) is 0 Å². The standard InChI is InChI=1S/C17H17Cl2NO4/c1-22-14-8-11(9-15(23-2)17(14)24-3)20-16(21)7-10-4-5-12(18)13(19)6-10/h4-6,8-9H,7H2,1-3H3,(H,20,21). The summed E-state index contributed by atoms with van der Waals surface area (Å²) in [7, 11) is 4.54. The second-order valence-corrected chi connectivity index (χ2v) is 5.70. The number of carbonyl (C=O) groups excluding carboxylic acids is 1. The molecule has 0 atom stereocenters. The second-order valence-electron chi connectivity index (χ2n) is 4.89. The Morgan fingerprint density at radius 1 is 0.958 bits per heavy atom. The third-order valence-corrected chi connectivity index (χ3v) is 4.04. The van der Waals surface area contributed by atoms with Crippen molar-refractivity contribution in [3.63, 3.8) is 0 Å². The molecule has 2 aromatic rings. The Morgan fingerprint density at radius 2 is 1.58 bits per heavy atom. The SMILES string of the molecule is COc1cc(NC(=O)Cc2ccc(Cl)c(Cl)c2)cc(OC)c1OC. The molecule has 0 radical (unpaired) electrons. The lowest BCUT2D eigenvalue weighted by molar-refractivity contribution is -0.115. The summed E-state index contributed by atoms with van der Waals surface area (Å²) in [4.78, 5) is 12.2. The van der Waals surface area contributed by atoms with Crippen LogP contribution in [0.2, 0.25) is 10.0 Å². The molecular formula is C17H17Cl2NO4. The van der Waals surface area contributed by atoms with Crippen LogP contribution in [-0.2, 0) is 11.2 Å². The van der Waals surface area contributed by atoms with Gasteiger partial charge < -0.3 is 19.5 Å². The fraction of sp³-hybridized carbons (Fsp3) is 0.235. The third-order valence-electron chi connectivity index (χ3n) is 3.30. The fourth-order valence-electron chi connectivity index (χ4n) is 2.19. The molecule has 1 amide bonds. The summed E-state index contributed by atoms with van der Waals surface area (Å²) in [5.41, 5.74) is 1.30. The van der Waals surface area contributed by atoms with Crippen LogP contribution < -0.4 is 19.5 Å². The van der Waals surface area contributed by atoms with Gasteiger partial charge >= 0.3 is 0 Å². The number of anilines is 1. The van der Waals surface area contributed by atoms with E-state index in [1.165, 1.54) is 21.3 Å². The highest BCUT2D eigenvalue weighted by atomic mass is 35.5. The van der Waals surface area contributed by atoms with Crippen LogP contribution in [0.1, 0.15) is 5.56 Å². The van der Waals surface area contributed by atoms with E-state index in [1.807, 2.05) is 0 Å². The van der Waals surface area contributed by atoms with E-state index in [0.29, 0.717) is 33.0 Å². The first-order chi connectivity index (χ1) is 11.5. The van der Waals surface area contributed by atoms with Crippen molar-refractivity contribution >= 4 is 34.8 Å². The number of halogens is 2. The molecule has 24 heavy (non-hydrogen) atoms. The molecule has 0 fully saturated rings. The average molecular weight is 370 g/mol. The minimum absolute atomic E-state index is 0.160. The Bertz CT molecular complexity index is 724. The number of rotatable bonds is 6.